The molecule has 0 aliphatic rings. The molecule has 118 valence electrons. The highest BCUT2D eigenvalue weighted by Crippen LogP contribution is 2.37. The van der Waals surface area contributed by atoms with Gasteiger partial charge in [-0.25, -0.2) is 9.97 Å². The van der Waals surface area contributed by atoms with Crippen molar-refractivity contribution in [1.82, 2.24) is 9.97 Å². The number of para-hydroxylation sites is 1. The van der Waals surface area contributed by atoms with Gasteiger partial charge in [0.2, 0.25) is 5.69 Å². The van der Waals surface area contributed by atoms with Crippen molar-refractivity contribution in [3.8, 4) is 11.6 Å². The quantitative estimate of drug-likeness (QED) is 0.585. The van der Waals surface area contributed by atoms with Crippen molar-refractivity contribution in [2.45, 2.75) is 6.18 Å². The number of hydrogen-bond donors (Lipinski definition) is 0. The Hall–Kier alpha value is -2.05. The van der Waals surface area contributed by atoms with E-state index in [2.05, 4.69) is 9.97 Å². The summed E-state index contributed by atoms with van der Waals surface area (Å²) in [4.78, 5) is 7.48. The molecule has 0 aliphatic carbocycles. The second-order valence-electron chi connectivity index (χ2n) is 4.55. The molecule has 0 amide bonds. The van der Waals surface area contributed by atoms with Gasteiger partial charge in [-0.05, 0) is 24.3 Å². The Labute approximate surface area is 138 Å². The fourth-order valence-corrected chi connectivity index (χ4v) is 2.21. The van der Waals surface area contributed by atoms with Crippen molar-refractivity contribution < 1.29 is 17.9 Å². The highest BCUT2D eigenvalue weighted by atomic mass is 35.5. The van der Waals surface area contributed by atoms with Crippen LogP contribution in [0.3, 0.4) is 0 Å². The SMILES string of the molecule is FC(F)(F)c1nc2cc(Cl)c(Cl)cc2nc1Oc1ccccc1. The summed E-state index contributed by atoms with van der Waals surface area (Å²) < 4.78 is 44.9. The van der Waals surface area contributed by atoms with Gasteiger partial charge in [0, 0.05) is 0 Å². The molecule has 3 aromatic rings. The number of fused-ring (bicyclic) bond motifs is 1. The monoisotopic (exact) mass is 358 g/mol. The molecule has 0 radical (unpaired) electrons. The second-order valence-corrected chi connectivity index (χ2v) is 5.36. The van der Waals surface area contributed by atoms with E-state index in [0.29, 0.717) is 0 Å². The number of alkyl halides is 3. The molecule has 2 aromatic carbocycles. The molecule has 0 unspecified atom stereocenters. The maximum absolute atomic E-state index is 13.2. The molecule has 1 aromatic heterocycles. The Morgan fingerprint density at radius 3 is 2.00 bits per heavy atom. The normalized spacial score (nSPS) is 11.7. The van der Waals surface area contributed by atoms with Crippen LogP contribution in [0.25, 0.3) is 11.0 Å². The van der Waals surface area contributed by atoms with Crippen molar-refractivity contribution in [2.75, 3.05) is 0 Å². The van der Waals surface area contributed by atoms with Crippen LogP contribution >= 0.6 is 23.2 Å². The van der Waals surface area contributed by atoms with Gasteiger partial charge in [0.15, 0.2) is 0 Å². The molecule has 8 heteroatoms. The van der Waals surface area contributed by atoms with Crippen LogP contribution in [0, 0.1) is 0 Å². The van der Waals surface area contributed by atoms with Crippen molar-refractivity contribution in [2.24, 2.45) is 0 Å². The summed E-state index contributed by atoms with van der Waals surface area (Å²) in [6, 6.07) is 10.6. The third-order valence-corrected chi connectivity index (χ3v) is 3.62. The minimum atomic E-state index is -4.72. The predicted octanol–water partition coefficient (Wildman–Crippen LogP) is 5.75. The molecule has 0 saturated carbocycles. The number of rotatable bonds is 2. The van der Waals surface area contributed by atoms with Gasteiger partial charge in [-0.2, -0.15) is 13.2 Å². The lowest BCUT2D eigenvalue weighted by Gasteiger charge is -2.13. The van der Waals surface area contributed by atoms with Gasteiger partial charge in [-0.3, -0.25) is 0 Å². The Morgan fingerprint density at radius 1 is 0.870 bits per heavy atom. The number of nitrogens with zero attached hydrogens (tertiary/aromatic N) is 2. The predicted molar refractivity (Wildman–Crippen MR) is 81.1 cm³/mol. The number of ether oxygens (including phenoxy) is 1. The number of benzene rings is 2. The van der Waals surface area contributed by atoms with Crippen LogP contribution in [0.1, 0.15) is 5.69 Å². The van der Waals surface area contributed by atoms with Crippen LogP contribution in [-0.2, 0) is 6.18 Å². The van der Waals surface area contributed by atoms with E-state index in [1.54, 1.807) is 18.2 Å². The van der Waals surface area contributed by atoms with Gasteiger partial charge in [0.25, 0.3) is 5.88 Å². The van der Waals surface area contributed by atoms with Crippen LogP contribution in [-0.4, -0.2) is 9.97 Å². The zero-order valence-corrected chi connectivity index (χ0v) is 12.7. The molecule has 0 aliphatic heterocycles. The first-order chi connectivity index (χ1) is 10.8. The topological polar surface area (TPSA) is 35.0 Å². The van der Waals surface area contributed by atoms with Crippen molar-refractivity contribution >= 4 is 34.2 Å². The maximum Gasteiger partial charge on any atom is 0.438 e. The standard InChI is InChI=1S/C15H7Cl2F3N2O/c16-9-6-11-12(7-10(9)17)22-14(13(21-11)15(18,19)20)23-8-4-2-1-3-5-8/h1-7H. The smallest absolute Gasteiger partial charge is 0.437 e. The zero-order chi connectivity index (χ0) is 16.6. The first kappa shape index (κ1) is 15.8. The first-order valence-electron chi connectivity index (χ1n) is 6.31. The van der Waals surface area contributed by atoms with Gasteiger partial charge in [0.05, 0.1) is 21.1 Å². The van der Waals surface area contributed by atoms with Crippen LogP contribution in [0.15, 0.2) is 42.5 Å². The molecule has 23 heavy (non-hydrogen) atoms. The van der Waals surface area contributed by atoms with Crippen LogP contribution in [0.2, 0.25) is 10.0 Å². The van der Waals surface area contributed by atoms with E-state index in [1.165, 1.54) is 24.3 Å². The van der Waals surface area contributed by atoms with Crippen molar-refractivity contribution in [3.05, 3.63) is 58.2 Å². The lowest BCUT2D eigenvalue weighted by atomic mass is 10.2. The molecule has 0 bridgehead atoms. The molecule has 3 rings (SSSR count). The van der Waals surface area contributed by atoms with Gasteiger partial charge in [0.1, 0.15) is 5.75 Å². The average molecular weight is 359 g/mol. The van der Waals surface area contributed by atoms with Gasteiger partial charge >= 0.3 is 6.18 Å². The lowest BCUT2D eigenvalue weighted by Crippen LogP contribution is -2.11. The Balaban J connectivity index is 2.19. The Kier molecular flexibility index (Phi) is 4.04. The molecular weight excluding hydrogens is 352 g/mol. The lowest BCUT2D eigenvalue weighted by molar-refractivity contribution is -0.142. The fourth-order valence-electron chi connectivity index (χ4n) is 1.89. The zero-order valence-electron chi connectivity index (χ0n) is 11.2. The second kappa shape index (κ2) is 5.86. The molecule has 0 atom stereocenters. The van der Waals surface area contributed by atoms with Crippen LogP contribution in [0.4, 0.5) is 13.2 Å². The summed E-state index contributed by atoms with van der Waals surface area (Å²) in [5, 5.41) is 0.261. The minimum absolute atomic E-state index is 0.0212. The number of aromatic nitrogens is 2. The van der Waals surface area contributed by atoms with Crippen LogP contribution in [0.5, 0.6) is 11.6 Å². The average Bonchev–Trinajstić information content (AvgIpc) is 2.48. The summed E-state index contributed by atoms with van der Waals surface area (Å²) in [5.41, 5.74) is -1.10. The summed E-state index contributed by atoms with van der Waals surface area (Å²) in [5.74, 6) is -0.429. The van der Waals surface area contributed by atoms with Gasteiger partial charge in [-0.1, -0.05) is 41.4 Å². The highest BCUT2D eigenvalue weighted by Gasteiger charge is 2.38. The van der Waals surface area contributed by atoms with Crippen LogP contribution < -0.4 is 4.74 Å². The van der Waals surface area contributed by atoms with Crippen molar-refractivity contribution in [3.63, 3.8) is 0 Å². The summed E-state index contributed by atoms with van der Waals surface area (Å²) in [7, 11) is 0. The molecule has 0 saturated heterocycles. The number of hydrogen-bond acceptors (Lipinski definition) is 3. The van der Waals surface area contributed by atoms with Crippen molar-refractivity contribution in [1.29, 1.82) is 0 Å². The third kappa shape index (κ3) is 3.33. The third-order valence-electron chi connectivity index (χ3n) is 2.90. The van der Waals surface area contributed by atoms with Gasteiger partial charge in [-0.15, -0.1) is 0 Å². The van der Waals surface area contributed by atoms with E-state index in [4.69, 9.17) is 27.9 Å². The fraction of sp³-hybridized carbons (Fsp3) is 0.0667. The van der Waals surface area contributed by atoms with E-state index in [9.17, 15) is 13.2 Å². The maximum atomic E-state index is 13.2. The molecule has 3 nitrogen and oxygen atoms in total. The first-order valence-corrected chi connectivity index (χ1v) is 7.07. The minimum Gasteiger partial charge on any atom is -0.437 e. The number of halogens is 5. The molecule has 0 fully saturated rings. The van der Waals surface area contributed by atoms with Gasteiger partial charge < -0.3 is 4.74 Å². The van der Waals surface area contributed by atoms with E-state index in [-0.39, 0.29) is 26.8 Å². The molecular formula is C15H7Cl2F3N2O. The summed E-state index contributed by atoms with van der Waals surface area (Å²) in [6.07, 6.45) is -4.72. The van der Waals surface area contributed by atoms with E-state index in [1.807, 2.05) is 0 Å². The highest BCUT2D eigenvalue weighted by molar-refractivity contribution is 6.42. The largest absolute Gasteiger partial charge is 0.438 e. The Morgan fingerprint density at radius 2 is 1.43 bits per heavy atom. The molecule has 0 N–H and O–H groups in total. The Bertz CT molecular complexity index is 870. The van der Waals surface area contributed by atoms with E-state index in [0.717, 1.165) is 0 Å². The van der Waals surface area contributed by atoms with E-state index >= 15 is 0 Å². The van der Waals surface area contributed by atoms with E-state index < -0.39 is 17.8 Å². The summed E-state index contributed by atoms with van der Waals surface area (Å²) >= 11 is 11.7. The molecule has 1 heterocycles. The summed E-state index contributed by atoms with van der Waals surface area (Å²) in [6.45, 7) is 0. The molecule has 0 spiro atoms.